The summed E-state index contributed by atoms with van der Waals surface area (Å²) in [6.07, 6.45) is 0. The van der Waals surface area contributed by atoms with E-state index in [0.29, 0.717) is 17.0 Å². The molecular formula is C15H13NO3S. The Morgan fingerprint density at radius 1 is 1.10 bits per heavy atom. The number of rotatable bonds is 2. The van der Waals surface area contributed by atoms with Gasteiger partial charge in [0.25, 0.3) is 0 Å². The second kappa shape index (κ2) is 4.68. The highest BCUT2D eigenvalue weighted by Gasteiger charge is 2.15. The van der Waals surface area contributed by atoms with Crippen LogP contribution in [-0.2, 0) is 0 Å². The maximum atomic E-state index is 9.93. The second-order valence-corrected chi connectivity index (χ2v) is 5.50. The number of ether oxygens (including phenoxy) is 1. The van der Waals surface area contributed by atoms with Crippen LogP contribution in [0.15, 0.2) is 29.8 Å². The first-order valence-corrected chi connectivity index (χ1v) is 6.97. The number of hydrogen-bond donors (Lipinski definition) is 2. The standard InChI is InChI=1S/C15H13NO3S/c1-8-3-4-12(10(17)5-8)19-14-9(2)6-11(18)13-15(14)20-7-16-13/h3-7,17-18H,1-2H3. The maximum Gasteiger partial charge on any atom is 0.169 e. The normalized spacial score (nSPS) is 10.9. The van der Waals surface area contributed by atoms with Crippen molar-refractivity contribution in [1.29, 1.82) is 0 Å². The van der Waals surface area contributed by atoms with Crippen LogP contribution in [-0.4, -0.2) is 15.2 Å². The molecule has 0 aliphatic heterocycles. The molecule has 1 aromatic heterocycles. The number of benzene rings is 2. The zero-order chi connectivity index (χ0) is 14.3. The van der Waals surface area contributed by atoms with Gasteiger partial charge >= 0.3 is 0 Å². The minimum atomic E-state index is 0.0927. The van der Waals surface area contributed by atoms with Gasteiger partial charge in [-0.1, -0.05) is 6.07 Å². The number of thiazole rings is 1. The zero-order valence-corrected chi connectivity index (χ0v) is 11.9. The number of hydrogen-bond acceptors (Lipinski definition) is 5. The monoisotopic (exact) mass is 287 g/mol. The molecule has 0 aliphatic carbocycles. The van der Waals surface area contributed by atoms with E-state index < -0.39 is 0 Å². The van der Waals surface area contributed by atoms with Gasteiger partial charge in [0.15, 0.2) is 11.5 Å². The predicted octanol–water partition coefficient (Wildman–Crippen LogP) is 4.12. The summed E-state index contributed by atoms with van der Waals surface area (Å²) < 4.78 is 6.60. The first-order valence-electron chi connectivity index (χ1n) is 6.09. The van der Waals surface area contributed by atoms with E-state index in [-0.39, 0.29) is 11.5 Å². The molecule has 0 saturated carbocycles. The largest absolute Gasteiger partial charge is 0.506 e. The SMILES string of the molecule is Cc1ccc(Oc2c(C)cc(O)c3ncsc23)c(O)c1. The first kappa shape index (κ1) is 12.7. The van der Waals surface area contributed by atoms with E-state index in [1.54, 1.807) is 23.7 Å². The predicted molar refractivity (Wildman–Crippen MR) is 78.9 cm³/mol. The van der Waals surface area contributed by atoms with E-state index in [1.165, 1.54) is 11.3 Å². The molecule has 3 aromatic rings. The molecule has 2 N–H and O–H groups in total. The van der Waals surface area contributed by atoms with Gasteiger partial charge in [-0.2, -0.15) is 0 Å². The van der Waals surface area contributed by atoms with Crippen molar-refractivity contribution in [2.24, 2.45) is 0 Å². The van der Waals surface area contributed by atoms with E-state index in [4.69, 9.17) is 4.74 Å². The molecule has 102 valence electrons. The first-order chi connectivity index (χ1) is 9.56. The van der Waals surface area contributed by atoms with Crippen LogP contribution in [0.2, 0.25) is 0 Å². The quantitative estimate of drug-likeness (QED) is 0.744. The van der Waals surface area contributed by atoms with Crippen LogP contribution >= 0.6 is 11.3 Å². The number of aromatic nitrogens is 1. The average molecular weight is 287 g/mol. The molecular weight excluding hydrogens is 274 g/mol. The summed E-state index contributed by atoms with van der Waals surface area (Å²) in [4.78, 5) is 4.12. The van der Waals surface area contributed by atoms with Crippen LogP contribution in [0.3, 0.4) is 0 Å². The van der Waals surface area contributed by atoms with Crippen molar-refractivity contribution in [3.8, 4) is 23.0 Å². The van der Waals surface area contributed by atoms with Crippen LogP contribution in [0.5, 0.6) is 23.0 Å². The molecule has 0 atom stereocenters. The fraction of sp³-hybridized carbons (Fsp3) is 0.133. The lowest BCUT2D eigenvalue weighted by atomic mass is 10.2. The molecule has 0 unspecified atom stereocenters. The minimum absolute atomic E-state index is 0.0927. The molecule has 5 heteroatoms. The Hall–Kier alpha value is -2.27. The summed E-state index contributed by atoms with van der Waals surface area (Å²) in [7, 11) is 0. The molecule has 0 aliphatic rings. The van der Waals surface area contributed by atoms with Crippen LogP contribution in [0.25, 0.3) is 10.2 Å². The number of phenolic OH excluding ortho intramolecular Hbond substituents is 2. The molecule has 0 fully saturated rings. The lowest BCUT2D eigenvalue weighted by Crippen LogP contribution is -1.89. The minimum Gasteiger partial charge on any atom is -0.506 e. The number of aromatic hydroxyl groups is 2. The van der Waals surface area contributed by atoms with E-state index in [9.17, 15) is 10.2 Å². The molecule has 1 heterocycles. The Morgan fingerprint density at radius 3 is 2.65 bits per heavy atom. The molecule has 0 radical (unpaired) electrons. The summed E-state index contributed by atoms with van der Waals surface area (Å²) in [6, 6.07) is 6.86. The Balaban J connectivity index is 2.13. The van der Waals surface area contributed by atoms with Crippen molar-refractivity contribution in [3.63, 3.8) is 0 Å². The zero-order valence-electron chi connectivity index (χ0n) is 11.0. The number of phenols is 2. The lowest BCUT2D eigenvalue weighted by Gasteiger charge is -2.12. The third-order valence-electron chi connectivity index (χ3n) is 3.05. The van der Waals surface area contributed by atoms with E-state index >= 15 is 0 Å². The van der Waals surface area contributed by atoms with Gasteiger partial charge < -0.3 is 14.9 Å². The third-order valence-corrected chi connectivity index (χ3v) is 3.88. The summed E-state index contributed by atoms with van der Waals surface area (Å²) in [6.45, 7) is 3.75. The van der Waals surface area contributed by atoms with E-state index in [1.807, 2.05) is 19.9 Å². The van der Waals surface area contributed by atoms with Gasteiger partial charge in [0, 0.05) is 0 Å². The second-order valence-electron chi connectivity index (χ2n) is 4.65. The summed E-state index contributed by atoms with van der Waals surface area (Å²) in [5.74, 6) is 1.23. The van der Waals surface area contributed by atoms with Crippen molar-refractivity contribution >= 4 is 21.6 Å². The van der Waals surface area contributed by atoms with Gasteiger partial charge in [0.2, 0.25) is 0 Å². The molecule has 2 aromatic carbocycles. The van der Waals surface area contributed by atoms with Gasteiger partial charge in [-0.05, 0) is 43.2 Å². The highest BCUT2D eigenvalue weighted by Crippen LogP contribution is 2.41. The summed E-state index contributed by atoms with van der Waals surface area (Å²) in [5.41, 5.74) is 3.92. The fourth-order valence-corrected chi connectivity index (χ4v) is 2.90. The lowest BCUT2D eigenvalue weighted by molar-refractivity contribution is 0.411. The molecule has 0 amide bonds. The van der Waals surface area contributed by atoms with E-state index in [2.05, 4.69) is 4.98 Å². The van der Waals surface area contributed by atoms with Crippen LogP contribution in [0, 0.1) is 13.8 Å². The Kier molecular flexibility index (Phi) is 2.99. The molecule has 0 saturated heterocycles. The maximum absolute atomic E-state index is 9.93. The summed E-state index contributed by atoms with van der Waals surface area (Å²) >= 11 is 1.39. The third kappa shape index (κ3) is 2.06. The molecule has 0 bridgehead atoms. The van der Waals surface area contributed by atoms with Gasteiger partial charge in [0.1, 0.15) is 21.7 Å². The van der Waals surface area contributed by atoms with Gasteiger partial charge in [-0.3, -0.25) is 0 Å². The molecule has 0 spiro atoms. The topological polar surface area (TPSA) is 62.6 Å². The number of aryl methyl sites for hydroxylation is 2. The fourth-order valence-electron chi connectivity index (χ4n) is 2.06. The smallest absolute Gasteiger partial charge is 0.169 e. The van der Waals surface area contributed by atoms with E-state index in [0.717, 1.165) is 15.8 Å². The highest BCUT2D eigenvalue weighted by atomic mass is 32.1. The van der Waals surface area contributed by atoms with Gasteiger partial charge in [0.05, 0.1) is 5.51 Å². The van der Waals surface area contributed by atoms with Crippen molar-refractivity contribution in [3.05, 3.63) is 40.9 Å². The van der Waals surface area contributed by atoms with Crippen LogP contribution in [0.4, 0.5) is 0 Å². The molecule has 3 rings (SSSR count). The number of nitrogens with zero attached hydrogens (tertiary/aromatic N) is 1. The molecule has 20 heavy (non-hydrogen) atoms. The molecule has 4 nitrogen and oxygen atoms in total. The van der Waals surface area contributed by atoms with Crippen molar-refractivity contribution < 1.29 is 14.9 Å². The highest BCUT2D eigenvalue weighted by molar-refractivity contribution is 7.17. The van der Waals surface area contributed by atoms with Crippen molar-refractivity contribution in [1.82, 2.24) is 4.98 Å². The summed E-state index contributed by atoms with van der Waals surface area (Å²) in [5, 5.41) is 19.8. The van der Waals surface area contributed by atoms with Crippen molar-refractivity contribution in [2.75, 3.05) is 0 Å². The Bertz CT molecular complexity index is 795. The van der Waals surface area contributed by atoms with Crippen LogP contribution < -0.4 is 4.74 Å². The van der Waals surface area contributed by atoms with Crippen molar-refractivity contribution in [2.45, 2.75) is 13.8 Å². The number of fused-ring (bicyclic) bond motifs is 1. The van der Waals surface area contributed by atoms with Gasteiger partial charge in [-0.25, -0.2) is 4.98 Å². The van der Waals surface area contributed by atoms with Gasteiger partial charge in [-0.15, -0.1) is 11.3 Å². The average Bonchev–Trinajstić information content (AvgIpc) is 2.86. The van der Waals surface area contributed by atoms with Crippen LogP contribution in [0.1, 0.15) is 11.1 Å². The Labute approximate surface area is 119 Å². The Morgan fingerprint density at radius 2 is 1.90 bits per heavy atom.